The second kappa shape index (κ2) is 15.8. The molecule has 0 spiro atoms. The number of epoxide rings is 2. The van der Waals surface area contributed by atoms with Gasteiger partial charge in [0.05, 0.1) is 31.3 Å². The summed E-state index contributed by atoms with van der Waals surface area (Å²) in [6.07, 6.45) is -1.13. The van der Waals surface area contributed by atoms with Gasteiger partial charge < -0.3 is 48.5 Å². The fraction of sp³-hybridized carbons (Fsp3) is 0.857. The quantitative estimate of drug-likeness (QED) is 0.103. The third-order valence-electron chi connectivity index (χ3n) is 5.08. The van der Waals surface area contributed by atoms with Crippen LogP contribution in [-0.2, 0) is 32.5 Å². The van der Waals surface area contributed by atoms with Gasteiger partial charge in [-0.15, -0.1) is 0 Å². The molecule has 2 heterocycles. The lowest BCUT2D eigenvalue weighted by molar-refractivity contribution is 0.0501. The van der Waals surface area contributed by atoms with Gasteiger partial charge in [-0.3, -0.25) is 0 Å². The molecule has 0 bridgehead atoms. The molecule has 3 N–H and O–H groups in total. The van der Waals surface area contributed by atoms with Crippen molar-refractivity contribution in [2.45, 2.75) is 45.1 Å². The molecule has 0 aromatic rings. The van der Waals surface area contributed by atoms with Crippen LogP contribution in [0.3, 0.4) is 0 Å². The monoisotopic (exact) mass is 521 g/mol. The smallest absolute Gasteiger partial charge is 0.407 e. The molecule has 0 aromatic heterocycles. The van der Waals surface area contributed by atoms with E-state index in [1.165, 1.54) is 0 Å². The van der Waals surface area contributed by atoms with Gasteiger partial charge in [0.25, 0.3) is 0 Å². The molecule has 0 saturated carbocycles. The van der Waals surface area contributed by atoms with E-state index in [1.807, 2.05) is 20.4 Å². The SMILES string of the molecule is CCO[Si](C)(CCCNC(=O)OCC(COC(=O)NCC1CO1)COC(=O)NCC1CO1)OCC. The van der Waals surface area contributed by atoms with Crippen molar-refractivity contribution >= 4 is 26.8 Å². The van der Waals surface area contributed by atoms with Gasteiger partial charge in [-0.05, 0) is 32.9 Å². The average Bonchev–Trinajstić information content (AvgIpc) is 3.74. The molecule has 0 aliphatic carbocycles. The summed E-state index contributed by atoms with van der Waals surface area (Å²) in [6.45, 7) is 9.07. The Morgan fingerprint density at radius 3 is 1.66 bits per heavy atom. The molecule has 202 valence electrons. The number of alkyl carbamates (subject to hydrolysis) is 3. The van der Waals surface area contributed by atoms with Gasteiger partial charge in [0.2, 0.25) is 0 Å². The molecule has 2 atom stereocenters. The lowest BCUT2D eigenvalue weighted by Crippen LogP contribution is -2.39. The van der Waals surface area contributed by atoms with Crippen LogP contribution in [0.25, 0.3) is 0 Å². The number of amides is 3. The zero-order valence-corrected chi connectivity index (χ0v) is 21.8. The van der Waals surface area contributed by atoms with Crippen molar-refractivity contribution in [3.8, 4) is 0 Å². The normalized spacial score (nSPS) is 19.3. The fourth-order valence-corrected chi connectivity index (χ4v) is 5.45. The summed E-state index contributed by atoms with van der Waals surface area (Å²) in [6, 6.07) is 0.737. The molecule has 13 nitrogen and oxygen atoms in total. The van der Waals surface area contributed by atoms with E-state index in [1.54, 1.807) is 0 Å². The van der Waals surface area contributed by atoms with Crippen LogP contribution in [-0.4, -0.2) is 105 Å². The molecule has 2 unspecified atom stereocenters. The summed E-state index contributed by atoms with van der Waals surface area (Å²) in [7, 11) is -2.24. The minimum atomic E-state index is -2.24. The van der Waals surface area contributed by atoms with Crippen LogP contribution in [0.15, 0.2) is 0 Å². The van der Waals surface area contributed by atoms with Crippen LogP contribution in [0.2, 0.25) is 12.6 Å². The number of hydrogen-bond donors (Lipinski definition) is 3. The van der Waals surface area contributed by atoms with E-state index in [9.17, 15) is 14.4 Å². The Hall–Kier alpha value is -2.13. The Kier molecular flexibility index (Phi) is 13.1. The van der Waals surface area contributed by atoms with Crippen LogP contribution in [0, 0.1) is 5.92 Å². The van der Waals surface area contributed by atoms with E-state index in [0.29, 0.717) is 52.5 Å². The maximum atomic E-state index is 12.1. The van der Waals surface area contributed by atoms with Crippen molar-refractivity contribution in [2.75, 3.05) is 65.9 Å². The Morgan fingerprint density at radius 1 is 0.829 bits per heavy atom. The van der Waals surface area contributed by atoms with Gasteiger partial charge in [0.15, 0.2) is 0 Å². The topological polar surface area (TPSA) is 159 Å². The molecule has 2 aliphatic heterocycles. The fourth-order valence-electron chi connectivity index (χ4n) is 3.04. The minimum absolute atomic E-state index is 0.0236. The molecule has 2 fully saturated rings. The third-order valence-corrected chi connectivity index (χ3v) is 8.14. The van der Waals surface area contributed by atoms with Gasteiger partial charge in [-0.2, -0.15) is 0 Å². The number of carbonyl (C=O) groups excluding carboxylic acids is 3. The lowest BCUT2D eigenvalue weighted by Gasteiger charge is -2.25. The van der Waals surface area contributed by atoms with Crippen molar-refractivity contribution < 1.29 is 46.9 Å². The minimum Gasteiger partial charge on any atom is -0.449 e. The summed E-state index contributed by atoms with van der Waals surface area (Å²) in [4.78, 5) is 35.8. The van der Waals surface area contributed by atoms with Crippen molar-refractivity contribution in [2.24, 2.45) is 5.92 Å². The van der Waals surface area contributed by atoms with E-state index >= 15 is 0 Å². The second-order valence-electron chi connectivity index (χ2n) is 8.36. The number of rotatable bonds is 18. The third kappa shape index (κ3) is 14.1. The number of carbonyl (C=O) groups is 3. The predicted molar refractivity (Wildman–Crippen MR) is 125 cm³/mol. The highest BCUT2D eigenvalue weighted by atomic mass is 28.4. The molecule has 35 heavy (non-hydrogen) atoms. The zero-order valence-electron chi connectivity index (χ0n) is 20.8. The largest absolute Gasteiger partial charge is 0.449 e. The summed E-state index contributed by atoms with van der Waals surface area (Å²) in [5, 5.41) is 7.84. The number of hydrogen-bond acceptors (Lipinski definition) is 10. The van der Waals surface area contributed by atoms with Crippen LogP contribution in [0.1, 0.15) is 20.3 Å². The Balaban J connectivity index is 1.67. The van der Waals surface area contributed by atoms with Crippen LogP contribution < -0.4 is 16.0 Å². The van der Waals surface area contributed by atoms with Crippen LogP contribution in [0.4, 0.5) is 14.4 Å². The molecule has 2 rings (SSSR count). The van der Waals surface area contributed by atoms with Crippen LogP contribution in [0.5, 0.6) is 0 Å². The van der Waals surface area contributed by atoms with Crippen molar-refractivity contribution in [1.29, 1.82) is 0 Å². The summed E-state index contributed by atoms with van der Waals surface area (Å²) in [5.74, 6) is -0.543. The zero-order chi connectivity index (χ0) is 25.5. The first-order valence-electron chi connectivity index (χ1n) is 12.1. The molecule has 0 aromatic carbocycles. The molecule has 14 heteroatoms. The molecular formula is C21H39N3O10Si. The highest BCUT2D eigenvalue weighted by Crippen LogP contribution is 2.15. The first-order chi connectivity index (χ1) is 16.8. The second-order valence-corrected chi connectivity index (χ2v) is 11.7. The maximum absolute atomic E-state index is 12.1. The summed E-state index contributed by atoms with van der Waals surface area (Å²) in [5.41, 5.74) is 0. The molecule has 2 aliphatic rings. The number of nitrogens with one attached hydrogen (secondary N) is 3. The van der Waals surface area contributed by atoms with E-state index in [0.717, 1.165) is 6.04 Å². The van der Waals surface area contributed by atoms with Gasteiger partial charge in [-0.1, -0.05) is 0 Å². The highest BCUT2D eigenvalue weighted by molar-refractivity contribution is 6.66. The molecule has 0 radical (unpaired) electrons. The van der Waals surface area contributed by atoms with E-state index in [-0.39, 0.29) is 32.0 Å². The van der Waals surface area contributed by atoms with Crippen LogP contribution >= 0.6 is 0 Å². The number of ether oxygens (including phenoxy) is 5. The van der Waals surface area contributed by atoms with E-state index < -0.39 is 32.8 Å². The standard InChI is InChI=1S/C21H39N3O10Si/c1-4-33-35(3,34-5-2)8-6-7-22-19(25)30-11-16(12-31-20(26)23-9-17-14-28-17)13-32-21(27)24-10-18-15-29-18/h16-18H,4-15H2,1-3H3,(H,22,25)(H,23,26)(H,24,27). The molecule has 3 amide bonds. The van der Waals surface area contributed by atoms with Gasteiger partial charge in [0.1, 0.15) is 19.8 Å². The van der Waals surface area contributed by atoms with E-state index in [2.05, 4.69) is 16.0 Å². The Bertz CT molecular complexity index is 625. The maximum Gasteiger partial charge on any atom is 0.407 e. The van der Waals surface area contributed by atoms with Gasteiger partial charge in [-0.25, -0.2) is 14.4 Å². The first kappa shape index (κ1) is 29.1. The summed E-state index contributed by atoms with van der Waals surface area (Å²) < 4.78 is 37.2. The van der Waals surface area contributed by atoms with Crippen molar-refractivity contribution in [3.05, 3.63) is 0 Å². The van der Waals surface area contributed by atoms with E-state index in [4.69, 9.17) is 32.5 Å². The van der Waals surface area contributed by atoms with Crippen molar-refractivity contribution in [3.63, 3.8) is 0 Å². The molecule has 2 saturated heterocycles. The van der Waals surface area contributed by atoms with Gasteiger partial charge in [0, 0.05) is 32.8 Å². The lowest BCUT2D eigenvalue weighted by atomic mass is 10.2. The predicted octanol–water partition coefficient (Wildman–Crippen LogP) is 1.11. The first-order valence-corrected chi connectivity index (χ1v) is 14.6. The Morgan fingerprint density at radius 2 is 1.26 bits per heavy atom. The summed E-state index contributed by atoms with van der Waals surface area (Å²) >= 11 is 0. The molecular weight excluding hydrogens is 482 g/mol. The highest BCUT2D eigenvalue weighted by Gasteiger charge is 2.30. The average molecular weight is 522 g/mol. The Labute approximate surface area is 207 Å². The van der Waals surface area contributed by atoms with Crippen molar-refractivity contribution in [1.82, 2.24) is 16.0 Å². The van der Waals surface area contributed by atoms with Gasteiger partial charge >= 0.3 is 26.8 Å².